The van der Waals surface area contributed by atoms with E-state index in [-0.39, 0.29) is 5.78 Å². The van der Waals surface area contributed by atoms with E-state index in [1.807, 2.05) is 6.92 Å². The molecule has 0 unspecified atom stereocenters. The molecule has 0 aliphatic rings. The zero-order valence-corrected chi connectivity index (χ0v) is 9.66. The van der Waals surface area contributed by atoms with Crippen molar-refractivity contribution in [3.63, 3.8) is 0 Å². The van der Waals surface area contributed by atoms with Crippen LogP contribution in [0.15, 0.2) is 18.2 Å². The molecule has 0 radical (unpaired) electrons. The van der Waals surface area contributed by atoms with Crippen LogP contribution in [-0.2, 0) is 0 Å². The Morgan fingerprint density at radius 2 is 2.19 bits per heavy atom. The Bertz CT molecular complexity index is 363. The molecule has 0 aliphatic carbocycles. The van der Waals surface area contributed by atoms with Crippen LogP contribution in [0.3, 0.4) is 0 Å². The number of ketones is 1. The van der Waals surface area contributed by atoms with E-state index < -0.39 is 0 Å². The summed E-state index contributed by atoms with van der Waals surface area (Å²) in [5, 5.41) is 0. The second-order valence-electron chi connectivity index (χ2n) is 3.26. The maximum absolute atomic E-state index is 11.7. The highest BCUT2D eigenvalue weighted by atomic mass is 16.5. The minimum atomic E-state index is -0.00592. The van der Waals surface area contributed by atoms with Crippen LogP contribution in [0.1, 0.15) is 23.7 Å². The van der Waals surface area contributed by atoms with Crippen molar-refractivity contribution in [2.75, 3.05) is 20.3 Å². The summed E-state index contributed by atoms with van der Waals surface area (Å²) in [5.74, 6) is 1.22. The molecule has 0 bridgehead atoms. The minimum Gasteiger partial charge on any atom is -0.497 e. The van der Waals surface area contributed by atoms with Crippen LogP contribution in [-0.4, -0.2) is 26.0 Å². The second kappa shape index (κ2) is 6.12. The Kier molecular flexibility index (Phi) is 4.79. The van der Waals surface area contributed by atoms with Gasteiger partial charge in [0.05, 0.1) is 19.3 Å². The first-order chi connectivity index (χ1) is 7.72. The van der Waals surface area contributed by atoms with Gasteiger partial charge >= 0.3 is 0 Å². The first-order valence-corrected chi connectivity index (χ1v) is 5.27. The van der Waals surface area contributed by atoms with Gasteiger partial charge < -0.3 is 15.2 Å². The zero-order chi connectivity index (χ0) is 12.0. The Balaban J connectivity index is 3.01. The highest BCUT2D eigenvalue weighted by Gasteiger charge is 2.12. The van der Waals surface area contributed by atoms with Gasteiger partial charge in [-0.05, 0) is 25.6 Å². The summed E-state index contributed by atoms with van der Waals surface area (Å²) in [7, 11) is 1.58. The van der Waals surface area contributed by atoms with Gasteiger partial charge in [-0.25, -0.2) is 0 Å². The molecule has 0 heterocycles. The number of carbonyl (C=O) groups excluding carboxylic acids is 1. The molecule has 0 atom stereocenters. The van der Waals surface area contributed by atoms with Gasteiger partial charge in [-0.2, -0.15) is 0 Å². The fourth-order valence-corrected chi connectivity index (χ4v) is 1.40. The molecule has 0 saturated heterocycles. The van der Waals surface area contributed by atoms with Crippen LogP contribution in [0, 0.1) is 0 Å². The molecule has 0 aliphatic heterocycles. The number of hydrogen-bond acceptors (Lipinski definition) is 4. The van der Waals surface area contributed by atoms with E-state index in [0.29, 0.717) is 36.6 Å². The first-order valence-electron chi connectivity index (χ1n) is 5.27. The number of ether oxygens (including phenoxy) is 2. The summed E-state index contributed by atoms with van der Waals surface area (Å²) in [6.45, 7) is 2.73. The summed E-state index contributed by atoms with van der Waals surface area (Å²) < 4.78 is 10.5. The maximum atomic E-state index is 11.7. The van der Waals surface area contributed by atoms with E-state index in [9.17, 15) is 4.79 Å². The normalized spacial score (nSPS) is 9.94. The number of nitrogens with two attached hydrogens (primary N) is 1. The summed E-state index contributed by atoms with van der Waals surface area (Å²) in [6, 6.07) is 5.17. The molecule has 1 rings (SSSR count). The number of rotatable bonds is 6. The van der Waals surface area contributed by atoms with Crippen molar-refractivity contribution in [3.8, 4) is 11.5 Å². The summed E-state index contributed by atoms with van der Waals surface area (Å²) >= 11 is 0. The molecule has 2 N–H and O–H groups in total. The standard InChI is InChI=1S/C12H17NO3/c1-3-16-12-8-9(15-2)4-5-10(12)11(14)6-7-13/h4-5,8H,3,6-7,13H2,1-2H3. The minimum absolute atomic E-state index is 0.00592. The Hall–Kier alpha value is -1.55. The number of hydrogen-bond donors (Lipinski definition) is 1. The molecule has 0 saturated carbocycles. The monoisotopic (exact) mass is 223 g/mol. The quantitative estimate of drug-likeness (QED) is 0.744. The van der Waals surface area contributed by atoms with Gasteiger partial charge in [0.2, 0.25) is 0 Å². The van der Waals surface area contributed by atoms with Crippen molar-refractivity contribution in [2.45, 2.75) is 13.3 Å². The molecule has 1 aromatic rings. The average Bonchev–Trinajstić information content (AvgIpc) is 2.29. The Morgan fingerprint density at radius 1 is 1.44 bits per heavy atom. The van der Waals surface area contributed by atoms with E-state index in [4.69, 9.17) is 15.2 Å². The third kappa shape index (κ3) is 2.97. The van der Waals surface area contributed by atoms with E-state index in [0.717, 1.165) is 0 Å². The van der Waals surface area contributed by atoms with Gasteiger partial charge in [-0.15, -0.1) is 0 Å². The molecule has 16 heavy (non-hydrogen) atoms. The fraction of sp³-hybridized carbons (Fsp3) is 0.417. The second-order valence-corrected chi connectivity index (χ2v) is 3.26. The van der Waals surface area contributed by atoms with E-state index in [1.54, 1.807) is 25.3 Å². The third-order valence-electron chi connectivity index (χ3n) is 2.16. The first kappa shape index (κ1) is 12.5. The lowest BCUT2D eigenvalue weighted by atomic mass is 10.1. The number of benzene rings is 1. The fourth-order valence-electron chi connectivity index (χ4n) is 1.40. The van der Waals surface area contributed by atoms with E-state index >= 15 is 0 Å². The average molecular weight is 223 g/mol. The van der Waals surface area contributed by atoms with Crippen molar-refractivity contribution in [2.24, 2.45) is 5.73 Å². The Labute approximate surface area is 95.3 Å². The molecule has 1 aromatic carbocycles. The molecule has 4 nitrogen and oxygen atoms in total. The predicted molar refractivity (Wildman–Crippen MR) is 62.2 cm³/mol. The SMILES string of the molecule is CCOc1cc(OC)ccc1C(=O)CCN. The maximum Gasteiger partial charge on any atom is 0.167 e. The van der Waals surface area contributed by atoms with Crippen LogP contribution in [0.5, 0.6) is 11.5 Å². The number of methoxy groups -OCH3 is 1. The molecule has 0 spiro atoms. The van der Waals surface area contributed by atoms with Crippen molar-refractivity contribution in [1.29, 1.82) is 0 Å². The smallest absolute Gasteiger partial charge is 0.167 e. The number of carbonyl (C=O) groups is 1. The van der Waals surface area contributed by atoms with E-state index in [2.05, 4.69) is 0 Å². The van der Waals surface area contributed by atoms with Crippen LogP contribution >= 0.6 is 0 Å². The third-order valence-corrected chi connectivity index (χ3v) is 2.16. The number of Topliss-reactive ketones (excluding diaryl/α,β-unsaturated/α-hetero) is 1. The van der Waals surface area contributed by atoms with Crippen molar-refractivity contribution >= 4 is 5.78 Å². The summed E-state index contributed by atoms with van der Waals surface area (Å²) in [4.78, 5) is 11.7. The highest BCUT2D eigenvalue weighted by molar-refractivity contribution is 5.99. The molecular weight excluding hydrogens is 206 g/mol. The zero-order valence-electron chi connectivity index (χ0n) is 9.66. The van der Waals surface area contributed by atoms with Crippen molar-refractivity contribution in [1.82, 2.24) is 0 Å². The Morgan fingerprint density at radius 3 is 2.75 bits per heavy atom. The lowest BCUT2D eigenvalue weighted by molar-refractivity contribution is 0.0981. The molecule has 88 valence electrons. The van der Waals surface area contributed by atoms with Crippen LogP contribution in [0.2, 0.25) is 0 Å². The van der Waals surface area contributed by atoms with Crippen molar-refractivity contribution < 1.29 is 14.3 Å². The van der Waals surface area contributed by atoms with Gasteiger partial charge in [-0.3, -0.25) is 4.79 Å². The molecule has 0 amide bonds. The molecular formula is C12H17NO3. The molecule has 4 heteroatoms. The van der Waals surface area contributed by atoms with Gasteiger partial charge in [0.25, 0.3) is 0 Å². The largest absolute Gasteiger partial charge is 0.497 e. The van der Waals surface area contributed by atoms with Gasteiger partial charge in [-0.1, -0.05) is 0 Å². The predicted octanol–water partition coefficient (Wildman–Crippen LogP) is 1.63. The molecule has 0 aromatic heterocycles. The van der Waals surface area contributed by atoms with Crippen LogP contribution in [0.25, 0.3) is 0 Å². The topological polar surface area (TPSA) is 61.5 Å². The lowest BCUT2D eigenvalue weighted by Crippen LogP contribution is -2.10. The van der Waals surface area contributed by atoms with Crippen LogP contribution < -0.4 is 15.2 Å². The van der Waals surface area contributed by atoms with Gasteiger partial charge in [0.15, 0.2) is 5.78 Å². The molecule has 0 fully saturated rings. The van der Waals surface area contributed by atoms with Gasteiger partial charge in [0.1, 0.15) is 11.5 Å². The van der Waals surface area contributed by atoms with Gasteiger partial charge in [0, 0.05) is 12.5 Å². The summed E-state index contributed by atoms with van der Waals surface area (Å²) in [6.07, 6.45) is 0.326. The van der Waals surface area contributed by atoms with Crippen LogP contribution in [0.4, 0.5) is 0 Å². The van der Waals surface area contributed by atoms with Crippen molar-refractivity contribution in [3.05, 3.63) is 23.8 Å². The lowest BCUT2D eigenvalue weighted by Gasteiger charge is -2.10. The van der Waals surface area contributed by atoms with E-state index in [1.165, 1.54) is 0 Å². The highest BCUT2D eigenvalue weighted by Crippen LogP contribution is 2.25. The summed E-state index contributed by atoms with van der Waals surface area (Å²) in [5.41, 5.74) is 5.92.